The molecule has 0 fully saturated rings. The quantitative estimate of drug-likeness (QED) is 0.750. The summed E-state index contributed by atoms with van der Waals surface area (Å²) in [6.45, 7) is 8.34. The number of aromatic nitrogens is 1. The van der Waals surface area contributed by atoms with E-state index in [1.165, 1.54) is 0 Å². The van der Waals surface area contributed by atoms with Gasteiger partial charge in [0, 0.05) is 23.9 Å². The van der Waals surface area contributed by atoms with Crippen LogP contribution < -0.4 is 15.4 Å². The maximum atomic E-state index is 12.7. The molecule has 0 bridgehead atoms. The number of carbonyl (C=O) groups is 2. The molecule has 0 aliphatic heterocycles. The zero-order valence-corrected chi connectivity index (χ0v) is 16.3. The molecule has 1 heterocycles. The third kappa shape index (κ3) is 5.54. The highest BCUT2D eigenvalue weighted by atomic mass is 16.5. The van der Waals surface area contributed by atoms with E-state index >= 15 is 0 Å². The monoisotopic (exact) mass is 369 g/mol. The smallest absolute Gasteiger partial charge is 0.252 e. The zero-order valence-electron chi connectivity index (χ0n) is 16.3. The Labute approximate surface area is 160 Å². The van der Waals surface area contributed by atoms with E-state index in [4.69, 9.17) is 4.74 Å². The van der Waals surface area contributed by atoms with Gasteiger partial charge in [-0.05, 0) is 37.5 Å². The van der Waals surface area contributed by atoms with E-state index in [0.29, 0.717) is 18.1 Å². The largest absolute Gasteiger partial charge is 0.478 e. The minimum absolute atomic E-state index is 0.0572. The highest BCUT2D eigenvalue weighted by Gasteiger charge is 2.25. The first-order valence-corrected chi connectivity index (χ1v) is 9.15. The summed E-state index contributed by atoms with van der Waals surface area (Å²) < 4.78 is 5.48. The maximum absolute atomic E-state index is 12.7. The van der Waals surface area contributed by atoms with Crippen LogP contribution in [0.2, 0.25) is 0 Å². The molecule has 2 amide bonds. The van der Waals surface area contributed by atoms with Crippen molar-refractivity contribution >= 4 is 11.8 Å². The first kappa shape index (κ1) is 20.4. The topological polar surface area (TPSA) is 80.3 Å². The normalized spacial score (nSPS) is 11.7. The van der Waals surface area contributed by atoms with Crippen molar-refractivity contribution in [2.75, 3.05) is 6.61 Å². The van der Waals surface area contributed by atoms with Gasteiger partial charge in [-0.25, -0.2) is 4.98 Å². The van der Waals surface area contributed by atoms with Crippen molar-refractivity contribution in [3.05, 3.63) is 59.3 Å². The summed E-state index contributed by atoms with van der Waals surface area (Å²) in [5.41, 5.74) is 2.23. The lowest BCUT2D eigenvalue weighted by molar-refractivity contribution is -0.124. The van der Waals surface area contributed by atoms with Crippen molar-refractivity contribution in [3.63, 3.8) is 0 Å². The summed E-state index contributed by atoms with van der Waals surface area (Å²) in [5, 5.41) is 5.73. The molecule has 0 saturated carbocycles. The van der Waals surface area contributed by atoms with Gasteiger partial charge < -0.3 is 15.4 Å². The van der Waals surface area contributed by atoms with Gasteiger partial charge in [0.2, 0.25) is 11.8 Å². The van der Waals surface area contributed by atoms with Crippen molar-refractivity contribution in [3.8, 4) is 5.88 Å². The SMILES string of the molecule is CCOc1ncccc1CNC(=O)C(NC(=O)c1ccccc1C)C(C)C. The van der Waals surface area contributed by atoms with Crippen LogP contribution in [0.1, 0.15) is 42.3 Å². The highest BCUT2D eigenvalue weighted by molar-refractivity contribution is 5.98. The molecule has 0 saturated heterocycles. The molecule has 1 aromatic heterocycles. The zero-order chi connectivity index (χ0) is 19.8. The number of amides is 2. The first-order chi connectivity index (χ1) is 12.9. The van der Waals surface area contributed by atoms with Crippen LogP contribution in [0.15, 0.2) is 42.6 Å². The van der Waals surface area contributed by atoms with Crippen LogP contribution in [0.5, 0.6) is 5.88 Å². The van der Waals surface area contributed by atoms with Gasteiger partial charge in [0.15, 0.2) is 0 Å². The van der Waals surface area contributed by atoms with E-state index in [-0.39, 0.29) is 24.3 Å². The molecule has 1 unspecified atom stereocenters. The molecule has 0 aliphatic rings. The lowest BCUT2D eigenvalue weighted by atomic mass is 10.0. The second kappa shape index (κ2) is 9.71. The van der Waals surface area contributed by atoms with Gasteiger partial charge in [-0.15, -0.1) is 0 Å². The summed E-state index contributed by atoms with van der Waals surface area (Å²) in [4.78, 5) is 29.4. The summed E-state index contributed by atoms with van der Waals surface area (Å²) >= 11 is 0. The number of carbonyl (C=O) groups excluding carboxylic acids is 2. The van der Waals surface area contributed by atoms with Crippen molar-refractivity contribution in [1.82, 2.24) is 15.6 Å². The molecule has 2 rings (SSSR count). The Morgan fingerprint density at radius 3 is 2.56 bits per heavy atom. The Bertz CT molecular complexity index is 790. The summed E-state index contributed by atoms with van der Waals surface area (Å²) in [5.74, 6) is -0.0415. The predicted octanol–water partition coefficient (Wildman–Crippen LogP) is 2.86. The first-order valence-electron chi connectivity index (χ1n) is 9.15. The third-order valence-corrected chi connectivity index (χ3v) is 4.21. The van der Waals surface area contributed by atoms with Gasteiger partial charge in [-0.1, -0.05) is 38.1 Å². The molecule has 0 radical (unpaired) electrons. The maximum Gasteiger partial charge on any atom is 0.252 e. The van der Waals surface area contributed by atoms with Gasteiger partial charge in [0.05, 0.1) is 6.61 Å². The minimum atomic E-state index is -0.635. The van der Waals surface area contributed by atoms with E-state index in [9.17, 15) is 9.59 Å². The summed E-state index contributed by atoms with van der Waals surface area (Å²) in [7, 11) is 0. The summed E-state index contributed by atoms with van der Waals surface area (Å²) in [6.07, 6.45) is 1.65. The number of benzene rings is 1. The average molecular weight is 369 g/mol. The van der Waals surface area contributed by atoms with Gasteiger partial charge in [-0.2, -0.15) is 0 Å². The van der Waals surface area contributed by atoms with Crippen LogP contribution in [0.3, 0.4) is 0 Å². The van der Waals surface area contributed by atoms with E-state index < -0.39 is 6.04 Å². The van der Waals surface area contributed by atoms with Crippen LogP contribution in [0, 0.1) is 12.8 Å². The molecule has 6 heteroatoms. The van der Waals surface area contributed by atoms with E-state index in [1.807, 2.05) is 52.0 Å². The average Bonchev–Trinajstić information content (AvgIpc) is 2.65. The number of aryl methyl sites for hydroxylation is 1. The molecule has 144 valence electrons. The predicted molar refractivity (Wildman–Crippen MR) is 105 cm³/mol. The van der Waals surface area contributed by atoms with E-state index in [2.05, 4.69) is 15.6 Å². The molecule has 2 N–H and O–H groups in total. The van der Waals surface area contributed by atoms with Crippen molar-refractivity contribution in [1.29, 1.82) is 0 Å². The Morgan fingerprint density at radius 2 is 1.89 bits per heavy atom. The number of nitrogens with zero attached hydrogens (tertiary/aromatic N) is 1. The standard InChI is InChI=1S/C21H27N3O3/c1-5-27-21-16(10-8-12-22-21)13-23-20(26)18(14(2)3)24-19(25)17-11-7-6-9-15(17)4/h6-12,14,18H,5,13H2,1-4H3,(H,23,26)(H,24,25). The molecule has 6 nitrogen and oxygen atoms in total. The number of nitrogens with one attached hydrogen (secondary N) is 2. The molecule has 1 atom stereocenters. The van der Waals surface area contributed by atoms with Crippen LogP contribution in [-0.4, -0.2) is 29.4 Å². The fourth-order valence-corrected chi connectivity index (χ4v) is 2.70. The fourth-order valence-electron chi connectivity index (χ4n) is 2.70. The van der Waals surface area contributed by atoms with Gasteiger partial charge >= 0.3 is 0 Å². The number of ether oxygens (including phenoxy) is 1. The molecule has 1 aromatic carbocycles. The molecule has 27 heavy (non-hydrogen) atoms. The summed E-state index contributed by atoms with van der Waals surface area (Å²) in [6, 6.07) is 10.3. The highest BCUT2D eigenvalue weighted by Crippen LogP contribution is 2.14. The molecule has 0 spiro atoms. The van der Waals surface area contributed by atoms with Crippen LogP contribution in [-0.2, 0) is 11.3 Å². The van der Waals surface area contributed by atoms with Crippen LogP contribution >= 0.6 is 0 Å². The number of hydrogen-bond acceptors (Lipinski definition) is 4. The second-order valence-electron chi connectivity index (χ2n) is 6.63. The Kier molecular flexibility index (Phi) is 7.34. The Hall–Kier alpha value is -2.89. The van der Waals surface area contributed by atoms with Crippen LogP contribution in [0.4, 0.5) is 0 Å². The molecule has 2 aromatic rings. The van der Waals surface area contributed by atoms with E-state index in [0.717, 1.165) is 11.1 Å². The van der Waals surface area contributed by atoms with Gasteiger partial charge in [0.1, 0.15) is 6.04 Å². The lowest BCUT2D eigenvalue weighted by Gasteiger charge is -2.22. The van der Waals surface area contributed by atoms with Crippen molar-refractivity contribution in [2.24, 2.45) is 5.92 Å². The molecular formula is C21H27N3O3. The van der Waals surface area contributed by atoms with Crippen LogP contribution in [0.25, 0.3) is 0 Å². The van der Waals surface area contributed by atoms with Gasteiger partial charge in [-0.3, -0.25) is 9.59 Å². The Morgan fingerprint density at radius 1 is 1.15 bits per heavy atom. The lowest BCUT2D eigenvalue weighted by Crippen LogP contribution is -2.49. The molecular weight excluding hydrogens is 342 g/mol. The van der Waals surface area contributed by atoms with Crippen molar-refractivity contribution in [2.45, 2.75) is 40.3 Å². The fraction of sp³-hybridized carbons (Fsp3) is 0.381. The number of rotatable bonds is 8. The third-order valence-electron chi connectivity index (χ3n) is 4.21. The number of hydrogen-bond donors (Lipinski definition) is 2. The van der Waals surface area contributed by atoms with E-state index in [1.54, 1.807) is 18.3 Å². The van der Waals surface area contributed by atoms with Gasteiger partial charge in [0.25, 0.3) is 5.91 Å². The minimum Gasteiger partial charge on any atom is -0.478 e. The van der Waals surface area contributed by atoms with Crippen molar-refractivity contribution < 1.29 is 14.3 Å². The second-order valence-corrected chi connectivity index (χ2v) is 6.63. The molecule has 0 aliphatic carbocycles. The Balaban J connectivity index is 2.05. The number of pyridine rings is 1.